The molecule has 1 aromatic heterocycles. The maximum atomic E-state index is 12.1. The molecule has 1 heterocycles. The quantitative estimate of drug-likeness (QED) is 0.849. The number of anilines is 1. The minimum atomic E-state index is -3.49. The van der Waals surface area contributed by atoms with Crippen LogP contribution in [0.4, 0.5) is 5.82 Å². The molecule has 106 valence electrons. The first-order valence-corrected chi connectivity index (χ1v) is 7.77. The van der Waals surface area contributed by atoms with Gasteiger partial charge in [-0.05, 0) is 18.1 Å². The number of rotatable bonds is 6. The van der Waals surface area contributed by atoms with E-state index in [-0.39, 0.29) is 4.90 Å². The predicted molar refractivity (Wildman–Crippen MR) is 79.1 cm³/mol. The van der Waals surface area contributed by atoms with Crippen LogP contribution in [-0.4, -0.2) is 27.0 Å². The molecular weight excluding hydrogens is 274 g/mol. The molecule has 2 rings (SSSR count). The van der Waals surface area contributed by atoms with Crippen molar-refractivity contribution in [1.82, 2.24) is 9.71 Å². The summed E-state index contributed by atoms with van der Waals surface area (Å²) in [7, 11) is -1.80. The molecule has 0 spiro atoms. The first-order chi connectivity index (χ1) is 9.62. The maximum absolute atomic E-state index is 12.1. The number of sulfonamides is 1. The standard InChI is InChI=1S/C14H17N3O2S/c1-15-14-11-13(8-9-16-14)20(18,19)17-10-7-12-5-3-2-4-6-12/h2-6,8-9,11,17H,7,10H2,1H3,(H,15,16). The van der Waals surface area contributed by atoms with Gasteiger partial charge in [0.25, 0.3) is 0 Å². The van der Waals surface area contributed by atoms with Crippen LogP contribution in [0.1, 0.15) is 5.56 Å². The molecule has 0 radical (unpaired) electrons. The van der Waals surface area contributed by atoms with E-state index in [0.717, 1.165) is 5.56 Å². The van der Waals surface area contributed by atoms with E-state index in [1.54, 1.807) is 7.05 Å². The number of hydrogen-bond donors (Lipinski definition) is 2. The lowest BCUT2D eigenvalue weighted by molar-refractivity contribution is 0.581. The average molecular weight is 291 g/mol. The SMILES string of the molecule is CNc1cc(S(=O)(=O)NCCc2ccccc2)ccn1. The summed E-state index contributed by atoms with van der Waals surface area (Å²) in [6, 6.07) is 12.7. The van der Waals surface area contributed by atoms with Crippen LogP contribution < -0.4 is 10.0 Å². The van der Waals surface area contributed by atoms with Crippen molar-refractivity contribution in [2.75, 3.05) is 18.9 Å². The molecule has 0 fully saturated rings. The molecule has 6 heteroatoms. The van der Waals surface area contributed by atoms with Crippen molar-refractivity contribution >= 4 is 15.8 Å². The van der Waals surface area contributed by atoms with Crippen molar-refractivity contribution in [3.05, 3.63) is 54.2 Å². The van der Waals surface area contributed by atoms with Crippen LogP contribution in [0.3, 0.4) is 0 Å². The second-order valence-corrected chi connectivity index (χ2v) is 6.03. The molecule has 0 aliphatic heterocycles. The number of aromatic nitrogens is 1. The normalized spacial score (nSPS) is 11.2. The van der Waals surface area contributed by atoms with E-state index in [2.05, 4.69) is 15.0 Å². The summed E-state index contributed by atoms with van der Waals surface area (Å²) in [6.45, 7) is 0.365. The molecular formula is C14H17N3O2S. The lowest BCUT2D eigenvalue weighted by atomic mass is 10.2. The summed E-state index contributed by atoms with van der Waals surface area (Å²) in [4.78, 5) is 4.21. The van der Waals surface area contributed by atoms with Gasteiger partial charge in [0.2, 0.25) is 10.0 Å². The molecule has 0 unspecified atom stereocenters. The molecule has 0 atom stereocenters. The van der Waals surface area contributed by atoms with Crippen molar-refractivity contribution in [2.45, 2.75) is 11.3 Å². The van der Waals surface area contributed by atoms with Crippen LogP contribution in [0.5, 0.6) is 0 Å². The molecule has 2 aromatic rings. The molecule has 0 aliphatic carbocycles. The third-order valence-corrected chi connectivity index (χ3v) is 4.31. The fraction of sp³-hybridized carbons (Fsp3) is 0.214. The highest BCUT2D eigenvalue weighted by Gasteiger charge is 2.13. The van der Waals surface area contributed by atoms with Crippen LogP contribution in [0.15, 0.2) is 53.6 Å². The van der Waals surface area contributed by atoms with Gasteiger partial charge in [0.1, 0.15) is 5.82 Å². The number of pyridine rings is 1. The average Bonchev–Trinajstić information content (AvgIpc) is 2.48. The third kappa shape index (κ3) is 3.79. The van der Waals surface area contributed by atoms with Crippen LogP contribution in [0.2, 0.25) is 0 Å². The molecule has 1 aromatic carbocycles. The molecule has 0 aliphatic rings. The van der Waals surface area contributed by atoms with Crippen LogP contribution >= 0.6 is 0 Å². The Bertz CT molecular complexity index is 657. The highest BCUT2D eigenvalue weighted by atomic mass is 32.2. The minimum absolute atomic E-state index is 0.213. The van der Waals surface area contributed by atoms with Gasteiger partial charge in [0.15, 0.2) is 0 Å². The first-order valence-electron chi connectivity index (χ1n) is 6.29. The maximum Gasteiger partial charge on any atom is 0.240 e. The summed E-state index contributed by atoms with van der Waals surface area (Å²) in [5.41, 5.74) is 1.10. The summed E-state index contributed by atoms with van der Waals surface area (Å²) in [5.74, 6) is 0.524. The monoisotopic (exact) mass is 291 g/mol. The van der Waals surface area contributed by atoms with Gasteiger partial charge in [0, 0.05) is 25.9 Å². The Labute approximate surface area is 119 Å². The van der Waals surface area contributed by atoms with Gasteiger partial charge in [0.05, 0.1) is 4.90 Å². The second kappa shape index (κ2) is 6.49. The highest BCUT2D eigenvalue weighted by molar-refractivity contribution is 7.89. The van der Waals surface area contributed by atoms with Gasteiger partial charge in [-0.15, -0.1) is 0 Å². The van der Waals surface area contributed by atoms with E-state index in [1.807, 2.05) is 30.3 Å². The Kier molecular flexibility index (Phi) is 4.70. The van der Waals surface area contributed by atoms with E-state index < -0.39 is 10.0 Å². The Hall–Kier alpha value is -1.92. The van der Waals surface area contributed by atoms with Crippen LogP contribution in [0.25, 0.3) is 0 Å². The first kappa shape index (κ1) is 14.5. The number of nitrogens with zero attached hydrogens (tertiary/aromatic N) is 1. The van der Waals surface area contributed by atoms with Gasteiger partial charge in [-0.25, -0.2) is 18.1 Å². The van der Waals surface area contributed by atoms with E-state index in [1.165, 1.54) is 18.3 Å². The number of nitrogens with one attached hydrogen (secondary N) is 2. The number of benzene rings is 1. The largest absolute Gasteiger partial charge is 0.373 e. The van der Waals surface area contributed by atoms with E-state index >= 15 is 0 Å². The highest BCUT2D eigenvalue weighted by Crippen LogP contribution is 2.12. The third-order valence-electron chi connectivity index (χ3n) is 2.85. The summed E-state index contributed by atoms with van der Waals surface area (Å²) >= 11 is 0. The Morgan fingerprint density at radius 2 is 1.90 bits per heavy atom. The molecule has 2 N–H and O–H groups in total. The fourth-order valence-electron chi connectivity index (χ4n) is 1.77. The molecule has 20 heavy (non-hydrogen) atoms. The Morgan fingerprint density at radius 3 is 2.60 bits per heavy atom. The Balaban J connectivity index is 2.00. The van der Waals surface area contributed by atoms with Gasteiger partial charge in [-0.3, -0.25) is 0 Å². The summed E-state index contributed by atoms with van der Waals surface area (Å²) in [5, 5.41) is 2.82. The Morgan fingerprint density at radius 1 is 1.15 bits per heavy atom. The van der Waals surface area contributed by atoms with Crippen molar-refractivity contribution in [3.8, 4) is 0 Å². The van der Waals surface area contributed by atoms with Gasteiger partial charge in [-0.2, -0.15) is 0 Å². The fourth-order valence-corrected chi connectivity index (χ4v) is 2.82. The zero-order valence-corrected chi connectivity index (χ0v) is 12.0. The molecule has 5 nitrogen and oxygen atoms in total. The van der Waals surface area contributed by atoms with Gasteiger partial charge < -0.3 is 5.32 Å². The summed E-state index contributed by atoms with van der Waals surface area (Å²) in [6.07, 6.45) is 2.13. The smallest absolute Gasteiger partial charge is 0.240 e. The van der Waals surface area contributed by atoms with Gasteiger partial charge in [-0.1, -0.05) is 30.3 Å². The molecule has 0 saturated heterocycles. The van der Waals surface area contributed by atoms with Crippen LogP contribution in [-0.2, 0) is 16.4 Å². The zero-order valence-electron chi connectivity index (χ0n) is 11.2. The van der Waals surface area contributed by atoms with Crippen molar-refractivity contribution in [3.63, 3.8) is 0 Å². The molecule has 0 amide bonds. The molecule has 0 bridgehead atoms. The van der Waals surface area contributed by atoms with Crippen LogP contribution in [0, 0.1) is 0 Å². The van der Waals surface area contributed by atoms with Crippen molar-refractivity contribution in [1.29, 1.82) is 0 Å². The topological polar surface area (TPSA) is 71.1 Å². The van der Waals surface area contributed by atoms with Gasteiger partial charge >= 0.3 is 0 Å². The van der Waals surface area contributed by atoms with E-state index in [4.69, 9.17) is 0 Å². The van der Waals surface area contributed by atoms with Crippen molar-refractivity contribution in [2.24, 2.45) is 0 Å². The minimum Gasteiger partial charge on any atom is -0.373 e. The lowest BCUT2D eigenvalue weighted by Crippen LogP contribution is -2.26. The van der Waals surface area contributed by atoms with E-state index in [9.17, 15) is 8.42 Å². The van der Waals surface area contributed by atoms with Crippen molar-refractivity contribution < 1.29 is 8.42 Å². The predicted octanol–water partition coefficient (Wildman–Crippen LogP) is 1.64. The molecule has 0 saturated carbocycles. The zero-order chi connectivity index (χ0) is 14.4. The summed E-state index contributed by atoms with van der Waals surface area (Å²) < 4.78 is 26.8. The second-order valence-electron chi connectivity index (χ2n) is 4.26. The lowest BCUT2D eigenvalue weighted by Gasteiger charge is -2.08. The van der Waals surface area contributed by atoms with E-state index in [0.29, 0.717) is 18.8 Å². The number of hydrogen-bond acceptors (Lipinski definition) is 4.